The lowest BCUT2D eigenvalue weighted by Crippen LogP contribution is -2.36. The second-order valence-electron chi connectivity index (χ2n) is 8.56. The number of amides is 1. The Bertz CT molecular complexity index is 921. The van der Waals surface area contributed by atoms with E-state index in [9.17, 15) is 18.0 Å². The molecule has 9 heteroatoms. The van der Waals surface area contributed by atoms with Crippen LogP contribution in [0.4, 0.5) is 23.8 Å². The van der Waals surface area contributed by atoms with Crippen molar-refractivity contribution in [2.45, 2.75) is 37.3 Å². The first-order chi connectivity index (χ1) is 15.9. The van der Waals surface area contributed by atoms with Crippen molar-refractivity contribution < 1.29 is 22.7 Å². The molecule has 2 saturated heterocycles. The number of likely N-dealkylation sites (tertiary alicyclic amines) is 1. The summed E-state index contributed by atoms with van der Waals surface area (Å²) in [5, 5.41) is 0.478. The largest absolute Gasteiger partial charge is 0.445 e. The molecule has 1 atom stereocenters. The van der Waals surface area contributed by atoms with Gasteiger partial charge >= 0.3 is 12.3 Å². The monoisotopic (exact) mass is 479 g/mol. The van der Waals surface area contributed by atoms with E-state index in [2.05, 4.69) is 4.98 Å². The topological polar surface area (TPSA) is 45.7 Å². The zero-order valence-electron chi connectivity index (χ0n) is 18.3. The number of benzene rings is 1. The summed E-state index contributed by atoms with van der Waals surface area (Å²) >= 11 is 1.92. The van der Waals surface area contributed by atoms with Crippen LogP contribution in [0.3, 0.4) is 0 Å². The number of carbonyl (C=O) groups excluding carboxylic acids is 1. The van der Waals surface area contributed by atoms with E-state index in [0.29, 0.717) is 36.6 Å². The van der Waals surface area contributed by atoms with Gasteiger partial charge in [0.05, 0.1) is 5.56 Å². The summed E-state index contributed by atoms with van der Waals surface area (Å²) < 4.78 is 44.3. The summed E-state index contributed by atoms with van der Waals surface area (Å²) in [5.41, 5.74) is 0.320. The van der Waals surface area contributed by atoms with Gasteiger partial charge in [-0.2, -0.15) is 24.9 Å². The number of piperidine rings is 1. The molecule has 0 N–H and O–H groups in total. The summed E-state index contributed by atoms with van der Waals surface area (Å²) in [6, 6.07) is 11.8. The number of halogens is 3. The fraction of sp³-hybridized carbons (Fsp3) is 0.500. The predicted octanol–water partition coefficient (Wildman–Crippen LogP) is 5.46. The van der Waals surface area contributed by atoms with Crippen molar-refractivity contribution in [1.82, 2.24) is 9.88 Å². The molecule has 0 aliphatic carbocycles. The van der Waals surface area contributed by atoms with Gasteiger partial charge < -0.3 is 14.5 Å². The Balaban J connectivity index is 1.17. The molecule has 0 bridgehead atoms. The molecule has 4 rings (SSSR count). The van der Waals surface area contributed by atoms with Crippen LogP contribution in [0, 0.1) is 5.92 Å². The molecule has 2 aliphatic rings. The maximum Gasteiger partial charge on any atom is 0.416 e. The lowest BCUT2D eigenvalue weighted by atomic mass is 10.1. The molecule has 178 valence electrons. The third-order valence-electron chi connectivity index (χ3n) is 6.16. The molecule has 1 amide bonds. The Morgan fingerprint density at radius 2 is 1.85 bits per heavy atom. The molecule has 2 aliphatic heterocycles. The van der Waals surface area contributed by atoms with Crippen molar-refractivity contribution in [2.24, 2.45) is 5.92 Å². The SMILES string of the molecule is O=C(OCc1ccccc1)N1CCC(CSC2CCN(c3cc(C(F)(F)F)ccn3)CC2)C1. The number of nitrogens with zero attached hydrogens (tertiary/aromatic N) is 3. The van der Waals surface area contributed by atoms with Crippen LogP contribution >= 0.6 is 11.8 Å². The highest BCUT2D eigenvalue weighted by Gasteiger charge is 2.32. The Kier molecular flexibility index (Phi) is 7.67. The number of ether oxygens (including phenoxy) is 1. The van der Waals surface area contributed by atoms with Gasteiger partial charge in [0.2, 0.25) is 0 Å². The average Bonchev–Trinajstić information content (AvgIpc) is 3.31. The summed E-state index contributed by atoms with van der Waals surface area (Å²) in [7, 11) is 0. The van der Waals surface area contributed by atoms with Crippen LogP contribution in [0.1, 0.15) is 30.4 Å². The highest BCUT2D eigenvalue weighted by Crippen LogP contribution is 2.33. The second kappa shape index (κ2) is 10.7. The van der Waals surface area contributed by atoms with E-state index in [0.717, 1.165) is 49.3 Å². The minimum absolute atomic E-state index is 0.256. The summed E-state index contributed by atoms with van der Waals surface area (Å²) in [5.74, 6) is 1.82. The maximum absolute atomic E-state index is 13.0. The highest BCUT2D eigenvalue weighted by molar-refractivity contribution is 7.99. The number of carbonyl (C=O) groups is 1. The van der Waals surface area contributed by atoms with Crippen molar-refractivity contribution in [3.8, 4) is 0 Å². The van der Waals surface area contributed by atoms with E-state index in [1.54, 1.807) is 4.90 Å². The van der Waals surface area contributed by atoms with Crippen molar-refractivity contribution in [3.05, 3.63) is 59.8 Å². The van der Waals surface area contributed by atoms with Crippen LogP contribution < -0.4 is 4.90 Å². The number of thioether (sulfide) groups is 1. The quantitative estimate of drug-likeness (QED) is 0.551. The fourth-order valence-corrected chi connectivity index (χ4v) is 5.60. The number of pyridine rings is 1. The van der Waals surface area contributed by atoms with Crippen molar-refractivity contribution in [3.63, 3.8) is 0 Å². The standard InChI is InChI=1S/C24H28F3N3O2S/c25-24(26,27)20-6-10-28-22(14-20)29-12-8-21(9-13-29)33-17-19-7-11-30(15-19)23(31)32-16-18-4-2-1-3-5-18/h1-6,10,14,19,21H,7-9,11-13,15-17H2. The zero-order valence-corrected chi connectivity index (χ0v) is 19.2. The Hall–Kier alpha value is -2.42. The minimum atomic E-state index is -4.35. The van der Waals surface area contributed by atoms with E-state index >= 15 is 0 Å². The van der Waals surface area contributed by atoms with Gasteiger partial charge in [-0.3, -0.25) is 0 Å². The Morgan fingerprint density at radius 1 is 1.09 bits per heavy atom. The molecule has 33 heavy (non-hydrogen) atoms. The van der Waals surface area contributed by atoms with Gasteiger partial charge in [-0.15, -0.1) is 0 Å². The molecule has 2 fully saturated rings. The van der Waals surface area contributed by atoms with Crippen molar-refractivity contribution >= 4 is 23.7 Å². The minimum Gasteiger partial charge on any atom is -0.445 e. The molecule has 1 aromatic heterocycles. The molecule has 1 unspecified atom stereocenters. The first-order valence-electron chi connectivity index (χ1n) is 11.2. The van der Waals surface area contributed by atoms with Gasteiger partial charge in [0.25, 0.3) is 0 Å². The molecule has 0 radical (unpaired) electrons. The van der Waals surface area contributed by atoms with E-state index in [-0.39, 0.29) is 12.7 Å². The third-order valence-corrected chi connectivity index (χ3v) is 7.76. The highest BCUT2D eigenvalue weighted by atomic mass is 32.2. The molecular weight excluding hydrogens is 451 g/mol. The van der Waals surface area contributed by atoms with Crippen molar-refractivity contribution in [2.75, 3.05) is 36.8 Å². The van der Waals surface area contributed by atoms with Crippen LogP contribution in [0.25, 0.3) is 0 Å². The van der Waals surface area contributed by atoms with Gasteiger partial charge in [0.1, 0.15) is 12.4 Å². The van der Waals surface area contributed by atoms with Gasteiger partial charge in [-0.25, -0.2) is 9.78 Å². The number of hydrogen-bond donors (Lipinski definition) is 0. The molecule has 0 saturated carbocycles. The summed E-state index contributed by atoms with van der Waals surface area (Å²) in [4.78, 5) is 20.2. The normalized spacial score (nSPS) is 19.7. The van der Waals surface area contributed by atoms with Crippen LogP contribution in [0.15, 0.2) is 48.7 Å². The van der Waals surface area contributed by atoms with E-state index in [1.165, 1.54) is 6.20 Å². The third kappa shape index (κ3) is 6.56. The molecule has 5 nitrogen and oxygen atoms in total. The number of anilines is 1. The lowest BCUT2D eigenvalue weighted by molar-refractivity contribution is -0.137. The molecule has 0 spiro atoms. The molecular formula is C24H28F3N3O2S. The second-order valence-corrected chi connectivity index (χ2v) is 9.89. The number of alkyl halides is 3. The number of hydrogen-bond acceptors (Lipinski definition) is 5. The Labute approximate surface area is 196 Å². The zero-order chi connectivity index (χ0) is 23.3. The van der Waals surface area contributed by atoms with Crippen LogP contribution in [0.2, 0.25) is 0 Å². The molecule has 2 aromatic rings. The van der Waals surface area contributed by atoms with E-state index in [4.69, 9.17) is 4.74 Å². The number of rotatable bonds is 6. The van der Waals surface area contributed by atoms with Crippen LogP contribution in [0.5, 0.6) is 0 Å². The fourth-order valence-electron chi connectivity index (χ4n) is 4.24. The van der Waals surface area contributed by atoms with Crippen LogP contribution in [-0.4, -0.2) is 53.2 Å². The first kappa shape index (κ1) is 23.7. The molecule has 3 heterocycles. The maximum atomic E-state index is 13.0. The number of aromatic nitrogens is 1. The molecule has 1 aromatic carbocycles. The summed E-state index contributed by atoms with van der Waals surface area (Å²) in [6.07, 6.45) is -0.574. The summed E-state index contributed by atoms with van der Waals surface area (Å²) in [6.45, 7) is 3.13. The van der Waals surface area contributed by atoms with Gasteiger partial charge in [0, 0.05) is 37.6 Å². The van der Waals surface area contributed by atoms with E-state index in [1.807, 2.05) is 47.0 Å². The Morgan fingerprint density at radius 3 is 2.58 bits per heavy atom. The lowest BCUT2D eigenvalue weighted by Gasteiger charge is -2.33. The van der Waals surface area contributed by atoms with E-state index < -0.39 is 11.7 Å². The predicted molar refractivity (Wildman–Crippen MR) is 123 cm³/mol. The van der Waals surface area contributed by atoms with Gasteiger partial charge in [-0.05, 0) is 48.6 Å². The first-order valence-corrected chi connectivity index (χ1v) is 12.3. The van der Waals surface area contributed by atoms with Crippen LogP contribution in [-0.2, 0) is 17.5 Å². The van der Waals surface area contributed by atoms with Gasteiger partial charge in [0.15, 0.2) is 0 Å². The average molecular weight is 480 g/mol. The smallest absolute Gasteiger partial charge is 0.416 e. The van der Waals surface area contributed by atoms with Gasteiger partial charge in [-0.1, -0.05) is 30.3 Å². The van der Waals surface area contributed by atoms with Crippen molar-refractivity contribution in [1.29, 1.82) is 0 Å².